The van der Waals surface area contributed by atoms with E-state index in [0.29, 0.717) is 20.6 Å². The van der Waals surface area contributed by atoms with Crippen LogP contribution in [0.25, 0.3) is 22.2 Å². The molecule has 0 radical (unpaired) electrons. The van der Waals surface area contributed by atoms with E-state index in [4.69, 9.17) is 11.6 Å². The minimum absolute atomic E-state index is 0.118. The van der Waals surface area contributed by atoms with E-state index in [1.165, 1.54) is 40.9 Å². The third-order valence-corrected chi connectivity index (χ3v) is 7.07. The van der Waals surface area contributed by atoms with Crippen molar-refractivity contribution in [2.45, 2.75) is 0 Å². The molecule has 0 fully saturated rings. The Labute approximate surface area is 188 Å². The van der Waals surface area contributed by atoms with Gasteiger partial charge in [0.25, 0.3) is 5.91 Å². The summed E-state index contributed by atoms with van der Waals surface area (Å²) in [4.78, 5) is 18.5. The second-order valence-corrected chi connectivity index (χ2v) is 9.21. The molecule has 0 saturated carbocycles. The number of thiophene rings is 2. The molecule has 9 heteroatoms. The van der Waals surface area contributed by atoms with Gasteiger partial charge in [-0.25, -0.2) is 9.37 Å². The van der Waals surface area contributed by atoms with Crippen LogP contribution in [0.15, 0.2) is 53.2 Å². The number of nitrogens with one attached hydrogen (secondary N) is 1. The Morgan fingerprint density at radius 1 is 1.17 bits per heavy atom. The Bertz CT molecular complexity index is 1250. The molecule has 1 N–H and O–H groups in total. The molecule has 0 aliphatic rings. The zero-order valence-electron chi connectivity index (χ0n) is 15.1. The first kappa shape index (κ1) is 20.4. The fourth-order valence-corrected chi connectivity index (χ4v) is 5.17. The number of anilines is 1. The number of carbonyl (C=O) groups excluding carboxylic acids is 1. The molecule has 3 heterocycles. The van der Waals surface area contributed by atoms with E-state index in [1.54, 1.807) is 18.2 Å². The normalized spacial score (nSPS) is 11.3. The molecule has 4 rings (SSSR count). The summed E-state index contributed by atoms with van der Waals surface area (Å²) in [6.07, 6.45) is 1.37. The average molecular weight is 472 g/mol. The van der Waals surface area contributed by atoms with Crippen molar-refractivity contribution in [3.63, 3.8) is 0 Å². The number of carbonyl (C=O) groups is 1. The lowest BCUT2D eigenvalue weighted by molar-refractivity contribution is 0.103. The van der Waals surface area contributed by atoms with Crippen LogP contribution < -0.4 is 5.32 Å². The zero-order chi connectivity index (χ0) is 21.1. The van der Waals surface area contributed by atoms with E-state index in [-0.39, 0.29) is 22.1 Å². The van der Waals surface area contributed by atoms with Crippen molar-refractivity contribution in [3.05, 3.63) is 79.5 Å². The van der Waals surface area contributed by atoms with Crippen molar-refractivity contribution >= 4 is 68.2 Å². The molecule has 148 valence electrons. The number of halogens is 2. The van der Waals surface area contributed by atoms with Gasteiger partial charge in [0, 0.05) is 5.56 Å². The molecule has 3 aromatic heterocycles. The summed E-state index contributed by atoms with van der Waals surface area (Å²) in [6.45, 7) is 0. The van der Waals surface area contributed by atoms with Crippen LogP contribution in [0, 0.1) is 17.1 Å². The Morgan fingerprint density at radius 3 is 2.63 bits per heavy atom. The maximum absolute atomic E-state index is 14.2. The topological polar surface area (TPSA) is 65.8 Å². The fourth-order valence-electron chi connectivity index (χ4n) is 2.61. The summed E-state index contributed by atoms with van der Waals surface area (Å²) in [5.74, 6) is -0.783. The van der Waals surface area contributed by atoms with E-state index in [1.807, 2.05) is 22.9 Å². The minimum atomic E-state index is -0.531. The SMILES string of the molecule is N#CC(=Cc1c(F)cccc1Cl)c1nc(-c2cccs2)c(NC(=O)c2cccs2)s1. The van der Waals surface area contributed by atoms with Gasteiger partial charge in [0.2, 0.25) is 0 Å². The number of aromatic nitrogens is 1. The summed E-state index contributed by atoms with van der Waals surface area (Å²) in [5, 5.41) is 17.4. The van der Waals surface area contributed by atoms with Gasteiger partial charge >= 0.3 is 0 Å². The second-order valence-electron chi connectivity index (χ2n) is 5.91. The molecule has 30 heavy (non-hydrogen) atoms. The van der Waals surface area contributed by atoms with Crippen molar-refractivity contribution in [3.8, 4) is 16.6 Å². The van der Waals surface area contributed by atoms with E-state index >= 15 is 0 Å². The monoisotopic (exact) mass is 471 g/mol. The summed E-state index contributed by atoms with van der Waals surface area (Å²) < 4.78 is 14.2. The van der Waals surface area contributed by atoms with Crippen LogP contribution in [0.5, 0.6) is 0 Å². The number of thiazole rings is 1. The molecule has 0 spiro atoms. The molecule has 0 aliphatic carbocycles. The first-order valence-corrected chi connectivity index (χ1v) is 11.5. The maximum Gasteiger partial charge on any atom is 0.266 e. The number of benzene rings is 1. The van der Waals surface area contributed by atoms with Crippen LogP contribution in [0.1, 0.15) is 20.2 Å². The molecule has 1 amide bonds. The van der Waals surface area contributed by atoms with Crippen molar-refractivity contribution in [2.75, 3.05) is 5.32 Å². The number of hydrogen-bond donors (Lipinski definition) is 1. The highest BCUT2D eigenvalue weighted by Crippen LogP contribution is 2.39. The van der Waals surface area contributed by atoms with Crippen LogP contribution in [0.3, 0.4) is 0 Å². The highest BCUT2D eigenvalue weighted by Gasteiger charge is 2.20. The van der Waals surface area contributed by atoms with Crippen LogP contribution in [0.4, 0.5) is 9.39 Å². The van der Waals surface area contributed by atoms with Crippen molar-refractivity contribution < 1.29 is 9.18 Å². The summed E-state index contributed by atoms with van der Waals surface area (Å²) in [6, 6.07) is 13.7. The van der Waals surface area contributed by atoms with Gasteiger partial charge in [-0.15, -0.1) is 22.7 Å². The van der Waals surface area contributed by atoms with Gasteiger partial charge in [-0.2, -0.15) is 5.26 Å². The van der Waals surface area contributed by atoms with Gasteiger partial charge < -0.3 is 5.32 Å². The number of allylic oxidation sites excluding steroid dienone is 1. The van der Waals surface area contributed by atoms with Gasteiger partial charge in [-0.3, -0.25) is 4.79 Å². The van der Waals surface area contributed by atoms with Crippen LogP contribution in [-0.2, 0) is 0 Å². The number of nitrogens with zero attached hydrogens (tertiary/aromatic N) is 2. The molecule has 4 aromatic rings. The molecule has 0 bridgehead atoms. The van der Waals surface area contributed by atoms with Crippen molar-refractivity contribution in [1.29, 1.82) is 5.26 Å². The molecule has 0 aliphatic heterocycles. The zero-order valence-corrected chi connectivity index (χ0v) is 18.3. The number of nitriles is 1. The van der Waals surface area contributed by atoms with Gasteiger partial charge in [-0.1, -0.05) is 41.1 Å². The third-order valence-electron chi connectivity index (χ3n) is 3.99. The maximum atomic E-state index is 14.2. The van der Waals surface area contributed by atoms with E-state index in [0.717, 1.165) is 16.2 Å². The van der Waals surface area contributed by atoms with E-state index in [9.17, 15) is 14.4 Å². The van der Waals surface area contributed by atoms with Crippen LogP contribution in [0.2, 0.25) is 5.02 Å². The van der Waals surface area contributed by atoms with Gasteiger partial charge in [0.1, 0.15) is 27.6 Å². The molecular formula is C21H11ClFN3OS3. The predicted octanol–water partition coefficient (Wildman–Crippen LogP) is 7.04. The Morgan fingerprint density at radius 2 is 1.97 bits per heavy atom. The Kier molecular flexibility index (Phi) is 6.06. The third kappa shape index (κ3) is 4.20. The van der Waals surface area contributed by atoms with E-state index < -0.39 is 5.82 Å². The minimum Gasteiger partial charge on any atom is -0.311 e. The Balaban J connectivity index is 1.78. The standard InChI is InChI=1S/C21H11ClFN3OS3/c22-14-4-1-5-15(23)13(14)10-12(11-24)20-25-18(16-6-2-8-28-16)21(30-20)26-19(27)17-7-3-9-29-17/h1-10H,(H,26,27). The van der Waals surface area contributed by atoms with Crippen LogP contribution >= 0.6 is 45.6 Å². The van der Waals surface area contributed by atoms with Crippen molar-refractivity contribution in [1.82, 2.24) is 4.98 Å². The number of hydrogen-bond acceptors (Lipinski definition) is 6. The van der Waals surface area contributed by atoms with Crippen molar-refractivity contribution in [2.24, 2.45) is 0 Å². The van der Waals surface area contributed by atoms with E-state index in [2.05, 4.69) is 16.4 Å². The first-order chi connectivity index (χ1) is 14.6. The molecule has 0 unspecified atom stereocenters. The molecule has 4 nitrogen and oxygen atoms in total. The van der Waals surface area contributed by atoms with Crippen LogP contribution in [-0.4, -0.2) is 10.9 Å². The largest absolute Gasteiger partial charge is 0.311 e. The summed E-state index contributed by atoms with van der Waals surface area (Å²) in [5.41, 5.74) is 0.838. The predicted molar refractivity (Wildman–Crippen MR) is 123 cm³/mol. The lowest BCUT2D eigenvalue weighted by Gasteiger charge is -2.02. The smallest absolute Gasteiger partial charge is 0.266 e. The molecular weight excluding hydrogens is 461 g/mol. The summed E-state index contributed by atoms with van der Waals surface area (Å²) in [7, 11) is 0. The Hall–Kier alpha value is -2.83. The quantitative estimate of drug-likeness (QED) is 0.317. The molecule has 1 aromatic carbocycles. The van der Waals surface area contributed by atoms with Gasteiger partial charge in [0.15, 0.2) is 0 Å². The molecule has 0 atom stereocenters. The van der Waals surface area contributed by atoms with Gasteiger partial charge in [0.05, 0.1) is 20.4 Å². The summed E-state index contributed by atoms with van der Waals surface area (Å²) >= 11 is 10.1. The average Bonchev–Trinajstić information content (AvgIpc) is 3.49. The lowest BCUT2D eigenvalue weighted by atomic mass is 10.1. The highest BCUT2D eigenvalue weighted by atomic mass is 35.5. The fraction of sp³-hybridized carbons (Fsp3) is 0. The lowest BCUT2D eigenvalue weighted by Crippen LogP contribution is -2.09. The van der Waals surface area contributed by atoms with Gasteiger partial charge in [-0.05, 0) is 41.1 Å². The number of amides is 1. The number of rotatable bonds is 5. The molecule has 0 saturated heterocycles. The second kappa shape index (κ2) is 8.90. The first-order valence-electron chi connectivity index (χ1n) is 8.52. The highest BCUT2D eigenvalue weighted by molar-refractivity contribution is 7.19.